The zero-order chi connectivity index (χ0) is 19.2. The van der Waals surface area contributed by atoms with E-state index in [0.717, 1.165) is 19.4 Å². The Morgan fingerprint density at radius 1 is 1.30 bits per heavy atom. The minimum atomic E-state index is -0.515. The number of piperazine rings is 1. The lowest BCUT2D eigenvalue weighted by Gasteiger charge is -2.41. The molecule has 2 aliphatic rings. The average molecular weight is 374 g/mol. The summed E-state index contributed by atoms with van der Waals surface area (Å²) in [5.41, 5.74) is 5.63. The highest BCUT2D eigenvalue weighted by atomic mass is 16.5. The third kappa shape index (κ3) is 4.97. The molecule has 3 amide bonds. The summed E-state index contributed by atoms with van der Waals surface area (Å²) in [4.78, 5) is 39.5. The molecule has 27 heavy (non-hydrogen) atoms. The quantitative estimate of drug-likeness (QED) is 0.728. The summed E-state index contributed by atoms with van der Waals surface area (Å²) < 4.78 is 5.59. The van der Waals surface area contributed by atoms with Crippen LogP contribution in [0.25, 0.3) is 0 Å². The number of carbonyl (C=O) groups is 3. The molecule has 0 radical (unpaired) electrons. The molecular formula is C19H26N4O4. The first-order valence-corrected chi connectivity index (χ1v) is 9.35. The molecule has 2 aliphatic heterocycles. The standard InChI is InChI=1S/C19H26N4O4/c20-19(26)14-3-1-5-16(11-14)27-10-6-17(24)22-8-2-4-15(13-22)23-9-7-21-12-18(23)25/h1,3,5,11,15,21H,2,4,6-10,12-13H2,(H2,20,26). The lowest BCUT2D eigenvalue weighted by atomic mass is 10.0. The molecular weight excluding hydrogens is 348 g/mol. The number of rotatable bonds is 6. The van der Waals surface area contributed by atoms with Crippen LogP contribution in [0.15, 0.2) is 24.3 Å². The van der Waals surface area contributed by atoms with Crippen LogP contribution in [0.3, 0.4) is 0 Å². The van der Waals surface area contributed by atoms with Gasteiger partial charge in [-0.15, -0.1) is 0 Å². The molecule has 3 N–H and O–H groups in total. The van der Waals surface area contributed by atoms with Gasteiger partial charge in [0.15, 0.2) is 0 Å². The van der Waals surface area contributed by atoms with Gasteiger partial charge in [0.2, 0.25) is 17.7 Å². The van der Waals surface area contributed by atoms with Crippen molar-refractivity contribution in [2.75, 3.05) is 39.3 Å². The minimum Gasteiger partial charge on any atom is -0.493 e. The monoisotopic (exact) mass is 374 g/mol. The van der Waals surface area contributed by atoms with E-state index in [9.17, 15) is 14.4 Å². The first kappa shape index (κ1) is 19.2. The fourth-order valence-electron chi connectivity index (χ4n) is 3.60. The van der Waals surface area contributed by atoms with Gasteiger partial charge in [0.05, 0.1) is 19.6 Å². The van der Waals surface area contributed by atoms with Crippen molar-refractivity contribution in [2.24, 2.45) is 5.73 Å². The predicted octanol–water partition coefficient (Wildman–Crippen LogP) is -0.0228. The van der Waals surface area contributed by atoms with Gasteiger partial charge in [-0.1, -0.05) is 6.07 Å². The summed E-state index contributed by atoms with van der Waals surface area (Å²) in [5, 5.41) is 3.07. The molecule has 2 saturated heterocycles. The largest absolute Gasteiger partial charge is 0.493 e. The molecule has 3 rings (SSSR count). The molecule has 2 heterocycles. The molecule has 8 heteroatoms. The van der Waals surface area contributed by atoms with Crippen molar-refractivity contribution < 1.29 is 19.1 Å². The van der Waals surface area contributed by atoms with Crippen molar-refractivity contribution in [3.05, 3.63) is 29.8 Å². The smallest absolute Gasteiger partial charge is 0.248 e. The highest BCUT2D eigenvalue weighted by Crippen LogP contribution is 2.18. The second-order valence-corrected chi connectivity index (χ2v) is 6.89. The van der Waals surface area contributed by atoms with E-state index in [4.69, 9.17) is 10.5 Å². The van der Waals surface area contributed by atoms with E-state index in [1.165, 1.54) is 0 Å². The van der Waals surface area contributed by atoms with Crippen molar-refractivity contribution in [1.29, 1.82) is 0 Å². The van der Waals surface area contributed by atoms with Crippen molar-refractivity contribution in [3.63, 3.8) is 0 Å². The summed E-state index contributed by atoms with van der Waals surface area (Å²) in [7, 11) is 0. The second kappa shape index (κ2) is 8.85. The third-order valence-corrected chi connectivity index (χ3v) is 5.02. The first-order chi connectivity index (χ1) is 13.0. The number of amides is 3. The summed E-state index contributed by atoms with van der Waals surface area (Å²) >= 11 is 0. The van der Waals surface area contributed by atoms with Crippen LogP contribution in [-0.2, 0) is 9.59 Å². The molecule has 8 nitrogen and oxygen atoms in total. The van der Waals surface area contributed by atoms with E-state index in [1.54, 1.807) is 24.3 Å². The van der Waals surface area contributed by atoms with Crippen LogP contribution in [0.4, 0.5) is 0 Å². The Morgan fingerprint density at radius 3 is 2.93 bits per heavy atom. The predicted molar refractivity (Wildman–Crippen MR) is 99.3 cm³/mol. The van der Waals surface area contributed by atoms with Gasteiger partial charge >= 0.3 is 0 Å². The van der Waals surface area contributed by atoms with Crippen molar-refractivity contribution >= 4 is 17.7 Å². The van der Waals surface area contributed by atoms with Gasteiger partial charge in [-0.05, 0) is 31.0 Å². The van der Waals surface area contributed by atoms with Gasteiger partial charge in [-0.25, -0.2) is 0 Å². The summed E-state index contributed by atoms with van der Waals surface area (Å²) in [6, 6.07) is 6.71. The second-order valence-electron chi connectivity index (χ2n) is 6.89. The normalized spacial score (nSPS) is 20.4. The number of primary amides is 1. The van der Waals surface area contributed by atoms with E-state index in [-0.39, 0.29) is 30.9 Å². The van der Waals surface area contributed by atoms with Gasteiger partial charge in [0.25, 0.3) is 0 Å². The number of piperidine rings is 1. The number of likely N-dealkylation sites (tertiary alicyclic amines) is 1. The summed E-state index contributed by atoms with van der Waals surface area (Å²) in [5.74, 6) is 0.131. The van der Waals surface area contributed by atoms with Crippen LogP contribution in [0.5, 0.6) is 5.75 Å². The molecule has 146 valence electrons. The first-order valence-electron chi connectivity index (χ1n) is 9.35. The van der Waals surface area contributed by atoms with Crippen LogP contribution in [0.2, 0.25) is 0 Å². The Morgan fingerprint density at radius 2 is 2.15 bits per heavy atom. The Bertz CT molecular complexity index is 709. The number of nitrogens with zero attached hydrogens (tertiary/aromatic N) is 2. The molecule has 1 atom stereocenters. The summed E-state index contributed by atoms with van der Waals surface area (Å²) in [6.07, 6.45) is 2.09. The molecule has 0 aromatic heterocycles. The molecule has 0 spiro atoms. The van der Waals surface area contributed by atoms with Gasteiger partial charge < -0.3 is 25.6 Å². The van der Waals surface area contributed by atoms with Crippen LogP contribution >= 0.6 is 0 Å². The molecule has 1 aromatic rings. The van der Waals surface area contributed by atoms with Gasteiger partial charge in [-0.2, -0.15) is 0 Å². The van der Waals surface area contributed by atoms with Gasteiger partial charge in [-0.3, -0.25) is 14.4 Å². The topological polar surface area (TPSA) is 105 Å². The van der Waals surface area contributed by atoms with E-state index >= 15 is 0 Å². The molecule has 1 aromatic carbocycles. The maximum atomic E-state index is 12.5. The highest BCUT2D eigenvalue weighted by Gasteiger charge is 2.31. The Hall–Kier alpha value is -2.61. The van der Waals surface area contributed by atoms with Crippen molar-refractivity contribution in [2.45, 2.75) is 25.3 Å². The molecule has 2 fully saturated rings. The van der Waals surface area contributed by atoms with Crippen LogP contribution in [-0.4, -0.2) is 72.9 Å². The zero-order valence-corrected chi connectivity index (χ0v) is 15.4. The fourth-order valence-corrected chi connectivity index (χ4v) is 3.60. The van der Waals surface area contributed by atoms with Crippen molar-refractivity contribution in [3.8, 4) is 5.75 Å². The lowest BCUT2D eigenvalue weighted by Crippen LogP contribution is -2.57. The number of nitrogens with one attached hydrogen (secondary N) is 1. The number of carbonyl (C=O) groups excluding carboxylic acids is 3. The summed E-state index contributed by atoms with van der Waals surface area (Å²) in [6.45, 7) is 3.41. The molecule has 0 saturated carbocycles. The lowest BCUT2D eigenvalue weighted by molar-refractivity contribution is -0.140. The number of hydrogen-bond donors (Lipinski definition) is 2. The Kier molecular flexibility index (Phi) is 6.28. The Labute approximate surface area is 158 Å². The van der Waals surface area contributed by atoms with E-state index < -0.39 is 5.91 Å². The molecule has 0 aliphatic carbocycles. The third-order valence-electron chi connectivity index (χ3n) is 5.02. The van der Waals surface area contributed by atoms with E-state index in [2.05, 4.69) is 5.32 Å². The maximum absolute atomic E-state index is 12.5. The molecule has 1 unspecified atom stereocenters. The van der Waals surface area contributed by atoms with E-state index in [0.29, 0.717) is 37.5 Å². The van der Waals surface area contributed by atoms with Crippen LogP contribution < -0.4 is 15.8 Å². The Balaban J connectivity index is 1.48. The van der Waals surface area contributed by atoms with E-state index in [1.807, 2.05) is 9.80 Å². The number of nitrogens with two attached hydrogens (primary N) is 1. The van der Waals surface area contributed by atoms with Crippen molar-refractivity contribution in [1.82, 2.24) is 15.1 Å². The number of hydrogen-bond acceptors (Lipinski definition) is 5. The number of ether oxygens (including phenoxy) is 1. The van der Waals surface area contributed by atoms with Gasteiger partial charge in [0.1, 0.15) is 5.75 Å². The minimum absolute atomic E-state index is 0.0216. The van der Waals surface area contributed by atoms with Crippen LogP contribution in [0, 0.1) is 0 Å². The fraction of sp³-hybridized carbons (Fsp3) is 0.526. The zero-order valence-electron chi connectivity index (χ0n) is 15.4. The SMILES string of the molecule is NC(=O)c1cccc(OCCC(=O)N2CCCC(N3CCNCC3=O)C2)c1. The highest BCUT2D eigenvalue weighted by molar-refractivity contribution is 5.93. The maximum Gasteiger partial charge on any atom is 0.248 e. The number of benzene rings is 1. The van der Waals surface area contributed by atoms with Gasteiger partial charge in [0, 0.05) is 37.8 Å². The average Bonchev–Trinajstić information content (AvgIpc) is 2.68. The molecule has 0 bridgehead atoms. The van der Waals surface area contributed by atoms with Crippen LogP contribution in [0.1, 0.15) is 29.6 Å².